The first-order valence-corrected chi connectivity index (χ1v) is 7.24. The molecular weight excluding hydrogens is 271 g/mol. The van der Waals surface area contributed by atoms with Crippen molar-refractivity contribution in [1.29, 1.82) is 5.26 Å². The summed E-state index contributed by atoms with van der Waals surface area (Å²) in [5.74, 6) is -0.601. The molecule has 1 aliphatic carbocycles. The number of allylic oxidation sites excluding steroid dienone is 1. The zero-order valence-electron chi connectivity index (χ0n) is 12.9. The predicted octanol–water partition coefficient (Wildman–Crippen LogP) is 2.26. The van der Waals surface area contributed by atoms with Crippen molar-refractivity contribution in [2.75, 3.05) is 13.1 Å². The summed E-state index contributed by atoms with van der Waals surface area (Å²) in [6.45, 7) is 7.72. The van der Waals surface area contributed by atoms with Crippen LogP contribution in [0.3, 0.4) is 0 Å². The van der Waals surface area contributed by atoms with E-state index in [1.165, 1.54) is 11.8 Å². The lowest BCUT2D eigenvalue weighted by Gasteiger charge is -2.53. The van der Waals surface area contributed by atoms with E-state index in [4.69, 9.17) is 0 Å². The van der Waals surface area contributed by atoms with E-state index >= 15 is 0 Å². The number of halogens is 1. The molecule has 0 N–H and O–H groups in total. The molecule has 1 saturated heterocycles. The van der Waals surface area contributed by atoms with Crippen molar-refractivity contribution in [2.24, 2.45) is 16.7 Å². The average Bonchev–Trinajstić information content (AvgIpc) is 2.41. The second-order valence-corrected chi connectivity index (χ2v) is 6.94. The van der Waals surface area contributed by atoms with E-state index in [2.05, 4.69) is 0 Å². The first-order chi connectivity index (χ1) is 9.63. The lowest BCUT2D eigenvalue weighted by Crippen LogP contribution is -2.57. The van der Waals surface area contributed by atoms with Gasteiger partial charge in [0.2, 0.25) is 0 Å². The standard InChI is InChI=1S/C16H21FN2O2/c1-10(17)14(21)19-6-5-12-15(2,3)13(20)11(8-18)7-16(12,4)9-19/h7,10,12H,5-6,9H2,1-4H3/t10?,12-,16+/m1/s1. The minimum Gasteiger partial charge on any atom is -0.339 e. The zero-order chi connectivity index (χ0) is 16.0. The summed E-state index contributed by atoms with van der Waals surface area (Å²) < 4.78 is 13.3. The van der Waals surface area contributed by atoms with Gasteiger partial charge in [0.1, 0.15) is 6.07 Å². The van der Waals surface area contributed by atoms with Gasteiger partial charge in [-0.3, -0.25) is 9.59 Å². The summed E-state index contributed by atoms with van der Waals surface area (Å²) in [5.41, 5.74) is -0.947. The summed E-state index contributed by atoms with van der Waals surface area (Å²) in [6.07, 6.45) is 0.805. The lowest BCUT2D eigenvalue weighted by molar-refractivity contribution is -0.144. The molecule has 0 saturated carbocycles. The maximum atomic E-state index is 13.3. The van der Waals surface area contributed by atoms with Gasteiger partial charge in [-0.2, -0.15) is 5.26 Å². The van der Waals surface area contributed by atoms with Crippen LogP contribution in [0.25, 0.3) is 0 Å². The van der Waals surface area contributed by atoms with Crippen LogP contribution in [0.15, 0.2) is 11.6 Å². The molecule has 0 spiro atoms. The van der Waals surface area contributed by atoms with Crippen molar-refractivity contribution in [2.45, 2.75) is 40.3 Å². The fourth-order valence-corrected chi connectivity index (χ4v) is 3.97. The third-order valence-electron chi connectivity index (χ3n) is 4.96. The summed E-state index contributed by atoms with van der Waals surface area (Å²) in [6, 6.07) is 1.97. The van der Waals surface area contributed by atoms with Gasteiger partial charge in [-0.05, 0) is 19.3 Å². The quantitative estimate of drug-likeness (QED) is 0.744. The van der Waals surface area contributed by atoms with E-state index < -0.39 is 22.9 Å². The minimum atomic E-state index is -1.53. The monoisotopic (exact) mass is 292 g/mol. The van der Waals surface area contributed by atoms with Crippen LogP contribution < -0.4 is 0 Å². The van der Waals surface area contributed by atoms with Gasteiger partial charge >= 0.3 is 0 Å². The Morgan fingerprint density at radius 3 is 2.67 bits per heavy atom. The highest BCUT2D eigenvalue weighted by Gasteiger charge is 2.53. The Hall–Kier alpha value is -1.70. The van der Waals surface area contributed by atoms with Crippen LogP contribution in [-0.2, 0) is 9.59 Å². The molecule has 2 aliphatic rings. The number of nitriles is 1. The van der Waals surface area contributed by atoms with Crippen molar-refractivity contribution in [3.63, 3.8) is 0 Å². The van der Waals surface area contributed by atoms with Gasteiger partial charge in [-0.1, -0.05) is 26.8 Å². The molecule has 0 bridgehead atoms. The maximum Gasteiger partial charge on any atom is 0.256 e. The highest BCUT2D eigenvalue weighted by Crippen LogP contribution is 2.51. The Morgan fingerprint density at radius 2 is 2.14 bits per heavy atom. The van der Waals surface area contributed by atoms with Crippen molar-refractivity contribution in [1.82, 2.24) is 4.90 Å². The molecule has 1 heterocycles. The Morgan fingerprint density at radius 1 is 1.52 bits per heavy atom. The van der Waals surface area contributed by atoms with E-state index in [-0.39, 0.29) is 17.3 Å². The second-order valence-electron chi connectivity index (χ2n) is 6.94. The van der Waals surface area contributed by atoms with Gasteiger partial charge in [-0.15, -0.1) is 0 Å². The van der Waals surface area contributed by atoms with Gasteiger partial charge in [0.25, 0.3) is 5.91 Å². The third-order valence-corrected chi connectivity index (χ3v) is 4.96. The van der Waals surface area contributed by atoms with Crippen molar-refractivity contribution >= 4 is 11.7 Å². The van der Waals surface area contributed by atoms with Crippen molar-refractivity contribution < 1.29 is 14.0 Å². The van der Waals surface area contributed by atoms with Gasteiger partial charge in [0.15, 0.2) is 12.0 Å². The highest BCUT2D eigenvalue weighted by molar-refractivity contribution is 6.04. The van der Waals surface area contributed by atoms with Crippen molar-refractivity contribution in [3.05, 3.63) is 11.6 Å². The van der Waals surface area contributed by atoms with Crippen LogP contribution in [-0.4, -0.2) is 35.9 Å². The summed E-state index contributed by atoms with van der Waals surface area (Å²) in [7, 11) is 0. The maximum absolute atomic E-state index is 13.3. The number of ketones is 1. The van der Waals surface area contributed by atoms with E-state index in [0.717, 1.165) is 0 Å². The van der Waals surface area contributed by atoms with Crippen LogP contribution >= 0.6 is 0 Å². The number of hydrogen-bond donors (Lipinski definition) is 0. The fraction of sp³-hybridized carbons (Fsp3) is 0.688. The molecule has 0 aromatic carbocycles. The molecule has 3 atom stereocenters. The SMILES string of the molecule is CC(F)C(=O)N1CC[C@@H]2C(C)(C)C(=O)C(C#N)=C[C@@]2(C)C1. The number of amides is 1. The minimum absolute atomic E-state index is 0.0496. The van der Waals surface area contributed by atoms with Gasteiger partial charge in [0.05, 0.1) is 5.57 Å². The molecule has 4 nitrogen and oxygen atoms in total. The molecule has 114 valence electrons. The molecule has 1 amide bonds. The highest BCUT2D eigenvalue weighted by atomic mass is 19.1. The smallest absolute Gasteiger partial charge is 0.256 e. The Bertz CT molecular complexity index is 559. The lowest BCUT2D eigenvalue weighted by atomic mass is 9.55. The number of piperidine rings is 1. The first-order valence-electron chi connectivity index (χ1n) is 7.24. The summed E-state index contributed by atoms with van der Waals surface area (Å²) in [5, 5.41) is 9.18. The number of alkyl halides is 1. The van der Waals surface area contributed by atoms with Crippen LogP contribution in [0.4, 0.5) is 4.39 Å². The molecule has 0 aromatic rings. The molecule has 0 aromatic heterocycles. The molecule has 21 heavy (non-hydrogen) atoms. The fourth-order valence-electron chi connectivity index (χ4n) is 3.97. The number of carbonyl (C=O) groups is 2. The number of nitrogens with zero attached hydrogens (tertiary/aromatic N) is 2. The topological polar surface area (TPSA) is 61.2 Å². The van der Waals surface area contributed by atoms with E-state index in [0.29, 0.717) is 19.5 Å². The van der Waals surface area contributed by atoms with Crippen LogP contribution in [0.1, 0.15) is 34.1 Å². The van der Waals surface area contributed by atoms with Crippen LogP contribution in [0.2, 0.25) is 0 Å². The zero-order valence-corrected chi connectivity index (χ0v) is 12.9. The molecule has 1 fully saturated rings. The molecule has 1 aliphatic heterocycles. The number of carbonyl (C=O) groups excluding carboxylic acids is 2. The predicted molar refractivity (Wildman–Crippen MR) is 75.8 cm³/mol. The van der Waals surface area contributed by atoms with Gasteiger partial charge in [-0.25, -0.2) is 4.39 Å². The van der Waals surface area contributed by atoms with Crippen molar-refractivity contribution in [3.8, 4) is 6.07 Å². The second kappa shape index (κ2) is 4.94. The molecule has 2 rings (SSSR count). The van der Waals surface area contributed by atoms with Crippen LogP contribution in [0, 0.1) is 28.1 Å². The number of fused-ring (bicyclic) bond motifs is 1. The largest absolute Gasteiger partial charge is 0.339 e. The molecule has 0 radical (unpaired) electrons. The first kappa shape index (κ1) is 15.7. The number of hydrogen-bond acceptors (Lipinski definition) is 3. The Kier molecular flexibility index (Phi) is 3.69. The number of Topliss-reactive ketones (excluding diaryl/α,β-unsaturated/α-hetero) is 1. The number of rotatable bonds is 1. The third kappa shape index (κ3) is 2.37. The van der Waals surface area contributed by atoms with Gasteiger partial charge < -0.3 is 4.90 Å². The molecule has 1 unspecified atom stereocenters. The van der Waals surface area contributed by atoms with E-state index in [1.807, 2.05) is 26.8 Å². The molecular formula is C16H21FN2O2. The van der Waals surface area contributed by atoms with Crippen LogP contribution in [0.5, 0.6) is 0 Å². The Balaban J connectivity index is 2.40. The average molecular weight is 292 g/mol. The normalized spacial score (nSPS) is 32.8. The Labute approximate surface area is 124 Å². The van der Waals surface area contributed by atoms with E-state index in [1.54, 1.807) is 6.08 Å². The molecule has 5 heteroatoms. The van der Waals surface area contributed by atoms with E-state index in [9.17, 15) is 19.2 Å². The summed E-state index contributed by atoms with van der Waals surface area (Å²) in [4.78, 5) is 25.8. The van der Waals surface area contributed by atoms with Gasteiger partial charge in [0, 0.05) is 23.9 Å². The number of likely N-dealkylation sites (tertiary alicyclic amines) is 1. The summed E-state index contributed by atoms with van der Waals surface area (Å²) >= 11 is 0.